The third-order valence-electron chi connectivity index (χ3n) is 4.27. The first-order chi connectivity index (χ1) is 10.3. The average molecular weight is 285 g/mol. The van der Waals surface area contributed by atoms with Gasteiger partial charge in [0.05, 0.1) is 12.0 Å². The van der Waals surface area contributed by atoms with E-state index in [0.29, 0.717) is 6.04 Å². The number of hydrogen-bond acceptors (Lipinski definition) is 3. The molecule has 1 aromatic carbocycles. The Hall–Kier alpha value is -1.37. The van der Waals surface area contributed by atoms with Gasteiger partial charge in [0, 0.05) is 19.1 Å². The Labute approximate surface area is 129 Å². The monoisotopic (exact) mass is 285 g/mol. The Morgan fingerprint density at radius 2 is 2.19 bits per heavy atom. The van der Waals surface area contributed by atoms with Gasteiger partial charge in [-0.05, 0) is 37.9 Å². The largest absolute Gasteiger partial charge is 0.313 e. The van der Waals surface area contributed by atoms with Gasteiger partial charge in [0.25, 0.3) is 0 Å². The smallest absolute Gasteiger partial charge is 0.0839 e. The van der Waals surface area contributed by atoms with Crippen molar-refractivity contribution in [1.82, 2.24) is 10.2 Å². The Morgan fingerprint density at radius 1 is 1.38 bits per heavy atom. The third kappa shape index (κ3) is 5.15. The number of hydrogen-bond donors (Lipinski definition) is 1. The number of nitrogens with one attached hydrogen (secondary N) is 1. The zero-order valence-electron chi connectivity index (χ0n) is 13.1. The molecule has 2 rings (SSSR count). The van der Waals surface area contributed by atoms with Crippen LogP contribution in [0.4, 0.5) is 0 Å². The van der Waals surface area contributed by atoms with Crippen molar-refractivity contribution < 1.29 is 0 Å². The van der Waals surface area contributed by atoms with Crippen LogP contribution in [0.5, 0.6) is 0 Å². The lowest BCUT2D eigenvalue weighted by atomic mass is 9.99. The molecule has 0 radical (unpaired) electrons. The van der Waals surface area contributed by atoms with E-state index >= 15 is 0 Å². The minimum atomic E-state index is -0.0236. The normalized spacial score (nSPS) is 19.6. The van der Waals surface area contributed by atoms with Crippen molar-refractivity contribution in [3.8, 4) is 6.07 Å². The first-order valence-corrected chi connectivity index (χ1v) is 8.23. The molecule has 114 valence electrons. The molecule has 1 heterocycles. The van der Waals surface area contributed by atoms with Crippen LogP contribution in [-0.4, -0.2) is 37.1 Å². The number of nitriles is 1. The maximum atomic E-state index is 9.52. The molecule has 1 fully saturated rings. The molecule has 1 N–H and O–H groups in total. The van der Waals surface area contributed by atoms with Crippen LogP contribution in [0.3, 0.4) is 0 Å². The number of unbranched alkanes of at least 4 members (excludes halogenated alkanes) is 1. The second kappa shape index (κ2) is 8.81. The minimum absolute atomic E-state index is 0.0236. The van der Waals surface area contributed by atoms with Gasteiger partial charge in [-0.25, -0.2) is 0 Å². The van der Waals surface area contributed by atoms with Crippen molar-refractivity contribution in [3.63, 3.8) is 0 Å². The highest BCUT2D eigenvalue weighted by Crippen LogP contribution is 2.17. The first-order valence-electron chi connectivity index (χ1n) is 8.23. The van der Waals surface area contributed by atoms with Crippen LogP contribution in [0.25, 0.3) is 0 Å². The highest BCUT2D eigenvalue weighted by Gasteiger charge is 2.21. The van der Waals surface area contributed by atoms with E-state index in [0.717, 1.165) is 31.7 Å². The van der Waals surface area contributed by atoms with Crippen molar-refractivity contribution in [3.05, 3.63) is 35.9 Å². The van der Waals surface area contributed by atoms with Crippen LogP contribution in [0, 0.1) is 11.3 Å². The van der Waals surface area contributed by atoms with E-state index in [-0.39, 0.29) is 5.92 Å². The van der Waals surface area contributed by atoms with Crippen LogP contribution < -0.4 is 5.32 Å². The van der Waals surface area contributed by atoms with Crippen LogP contribution in [0.15, 0.2) is 30.3 Å². The molecule has 0 saturated carbocycles. The summed E-state index contributed by atoms with van der Waals surface area (Å²) in [6.45, 7) is 6.39. The summed E-state index contributed by atoms with van der Waals surface area (Å²) in [6, 6.07) is 13.3. The number of nitrogens with zero attached hydrogens (tertiary/aromatic N) is 2. The van der Waals surface area contributed by atoms with Crippen molar-refractivity contribution in [1.29, 1.82) is 5.26 Å². The molecule has 0 amide bonds. The van der Waals surface area contributed by atoms with Crippen LogP contribution in [-0.2, 0) is 0 Å². The highest BCUT2D eigenvalue weighted by molar-refractivity contribution is 5.25. The third-order valence-corrected chi connectivity index (χ3v) is 4.27. The summed E-state index contributed by atoms with van der Waals surface area (Å²) in [7, 11) is 0. The van der Waals surface area contributed by atoms with Gasteiger partial charge in [-0.2, -0.15) is 5.26 Å². The Kier molecular flexibility index (Phi) is 6.72. The summed E-state index contributed by atoms with van der Waals surface area (Å²) < 4.78 is 0. The van der Waals surface area contributed by atoms with Crippen LogP contribution in [0.1, 0.15) is 44.1 Å². The van der Waals surface area contributed by atoms with Gasteiger partial charge in [-0.3, -0.25) is 0 Å². The van der Waals surface area contributed by atoms with Gasteiger partial charge in [-0.1, -0.05) is 43.7 Å². The molecular formula is C18H27N3. The Morgan fingerprint density at radius 3 is 2.81 bits per heavy atom. The first kappa shape index (κ1) is 16.0. The van der Waals surface area contributed by atoms with Crippen molar-refractivity contribution in [2.75, 3.05) is 26.2 Å². The summed E-state index contributed by atoms with van der Waals surface area (Å²) in [6.07, 6.45) is 4.97. The summed E-state index contributed by atoms with van der Waals surface area (Å²) in [5.41, 5.74) is 1.14. The van der Waals surface area contributed by atoms with E-state index < -0.39 is 0 Å². The van der Waals surface area contributed by atoms with Gasteiger partial charge in [-0.15, -0.1) is 0 Å². The van der Waals surface area contributed by atoms with E-state index in [1.54, 1.807) is 0 Å². The van der Waals surface area contributed by atoms with E-state index in [1.165, 1.54) is 25.7 Å². The predicted molar refractivity (Wildman–Crippen MR) is 87.2 cm³/mol. The number of benzene rings is 1. The maximum Gasteiger partial charge on any atom is 0.0839 e. The minimum Gasteiger partial charge on any atom is -0.313 e. The molecular weight excluding hydrogens is 258 g/mol. The van der Waals surface area contributed by atoms with E-state index in [2.05, 4.69) is 35.3 Å². The molecule has 1 aliphatic rings. The fourth-order valence-electron chi connectivity index (χ4n) is 3.03. The van der Waals surface area contributed by atoms with Gasteiger partial charge in [0.2, 0.25) is 0 Å². The molecule has 3 heteroatoms. The molecule has 1 aromatic rings. The average Bonchev–Trinajstić information content (AvgIpc) is 3.03. The topological polar surface area (TPSA) is 39.1 Å². The molecule has 0 aromatic heterocycles. The van der Waals surface area contributed by atoms with Crippen molar-refractivity contribution in [2.45, 2.75) is 44.6 Å². The second-order valence-corrected chi connectivity index (χ2v) is 6.00. The molecule has 0 spiro atoms. The zero-order valence-corrected chi connectivity index (χ0v) is 13.1. The second-order valence-electron chi connectivity index (χ2n) is 6.00. The molecule has 2 unspecified atom stereocenters. The lowest BCUT2D eigenvalue weighted by Crippen LogP contribution is -2.40. The van der Waals surface area contributed by atoms with Gasteiger partial charge in [0.1, 0.15) is 0 Å². The Bertz CT molecular complexity index is 432. The fourth-order valence-corrected chi connectivity index (χ4v) is 3.03. The molecule has 2 atom stereocenters. The molecule has 0 bridgehead atoms. The molecule has 1 aliphatic heterocycles. The summed E-state index contributed by atoms with van der Waals surface area (Å²) in [4.78, 5) is 2.48. The quantitative estimate of drug-likeness (QED) is 0.797. The lowest BCUT2D eigenvalue weighted by molar-refractivity contribution is 0.241. The van der Waals surface area contributed by atoms with E-state index in [1.807, 2.05) is 18.2 Å². The molecule has 21 heavy (non-hydrogen) atoms. The molecule has 3 nitrogen and oxygen atoms in total. The fraction of sp³-hybridized carbons (Fsp3) is 0.611. The van der Waals surface area contributed by atoms with Crippen molar-refractivity contribution in [2.24, 2.45) is 0 Å². The number of rotatable bonds is 8. The van der Waals surface area contributed by atoms with Crippen molar-refractivity contribution >= 4 is 0 Å². The summed E-state index contributed by atoms with van der Waals surface area (Å²) in [5.74, 6) is -0.0236. The summed E-state index contributed by atoms with van der Waals surface area (Å²) in [5, 5.41) is 13.1. The SMILES string of the molecule is CCCCN(CC1CCCN1)CC(C#N)c1ccccc1. The van der Waals surface area contributed by atoms with Gasteiger partial charge >= 0.3 is 0 Å². The Balaban J connectivity index is 1.96. The molecule has 0 aliphatic carbocycles. The summed E-state index contributed by atoms with van der Waals surface area (Å²) >= 11 is 0. The van der Waals surface area contributed by atoms with E-state index in [9.17, 15) is 5.26 Å². The molecule has 1 saturated heterocycles. The van der Waals surface area contributed by atoms with Crippen LogP contribution >= 0.6 is 0 Å². The zero-order chi connectivity index (χ0) is 14.9. The maximum absolute atomic E-state index is 9.52. The van der Waals surface area contributed by atoms with Gasteiger partial charge in [0.15, 0.2) is 0 Å². The lowest BCUT2D eigenvalue weighted by Gasteiger charge is -2.27. The standard InChI is InChI=1S/C18H27N3/c1-2-3-12-21(15-18-10-7-11-20-18)14-17(13-19)16-8-5-4-6-9-16/h4-6,8-9,17-18,20H,2-3,7,10-12,14-15H2,1H3. The predicted octanol–water partition coefficient (Wildman–Crippen LogP) is 3.15. The van der Waals surface area contributed by atoms with E-state index in [4.69, 9.17) is 0 Å². The van der Waals surface area contributed by atoms with Gasteiger partial charge < -0.3 is 10.2 Å². The van der Waals surface area contributed by atoms with Crippen LogP contribution in [0.2, 0.25) is 0 Å². The highest BCUT2D eigenvalue weighted by atomic mass is 15.2.